The first-order valence-corrected chi connectivity index (χ1v) is 8.52. The van der Waals surface area contributed by atoms with Crippen LogP contribution < -0.4 is 0 Å². The molecule has 122 valence electrons. The molecular formula is C16H26N4O2. The zero-order valence-electron chi connectivity index (χ0n) is 13.4. The Bertz CT molecular complexity index is 473. The van der Waals surface area contributed by atoms with E-state index in [1.807, 2.05) is 9.47 Å². The summed E-state index contributed by atoms with van der Waals surface area (Å²) in [5.41, 5.74) is 0. The van der Waals surface area contributed by atoms with Crippen molar-refractivity contribution in [2.45, 2.75) is 64.2 Å². The fourth-order valence-corrected chi connectivity index (χ4v) is 3.11. The van der Waals surface area contributed by atoms with Crippen molar-refractivity contribution in [1.82, 2.24) is 19.7 Å². The monoisotopic (exact) mass is 306 g/mol. The molecule has 1 aromatic rings. The first-order chi connectivity index (χ1) is 10.8. The number of aromatic nitrogens is 3. The molecule has 1 aliphatic carbocycles. The lowest BCUT2D eigenvalue weighted by Gasteiger charge is -2.38. The molecule has 2 heterocycles. The maximum absolute atomic E-state index is 12.5. The normalized spacial score (nSPS) is 25.4. The van der Waals surface area contributed by atoms with Crippen LogP contribution in [0.1, 0.15) is 45.4 Å². The average molecular weight is 306 g/mol. The van der Waals surface area contributed by atoms with E-state index in [2.05, 4.69) is 17.1 Å². The van der Waals surface area contributed by atoms with Gasteiger partial charge in [0.25, 0.3) is 0 Å². The third-order valence-electron chi connectivity index (χ3n) is 4.62. The van der Waals surface area contributed by atoms with E-state index in [4.69, 9.17) is 4.74 Å². The molecule has 6 heteroatoms. The number of amides is 1. The minimum Gasteiger partial charge on any atom is -0.371 e. The highest BCUT2D eigenvalue weighted by molar-refractivity contribution is 5.76. The van der Waals surface area contributed by atoms with Crippen molar-refractivity contribution >= 4 is 5.91 Å². The summed E-state index contributed by atoms with van der Waals surface area (Å²) in [7, 11) is 0. The molecule has 1 aromatic heterocycles. The molecular weight excluding hydrogens is 280 g/mol. The standard InChI is InChI=1S/C16H26N4O2/c1-2-3-4-14-9-20(10-15(22-14)13-5-6-13)16(21)7-8-19-11-17-18-12-19/h11-15H,2-10H2,1H3/t14-,15-/m1/s1. The van der Waals surface area contributed by atoms with E-state index in [1.165, 1.54) is 25.7 Å². The van der Waals surface area contributed by atoms with Crippen molar-refractivity contribution in [2.24, 2.45) is 5.92 Å². The second-order valence-corrected chi connectivity index (χ2v) is 6.52. The molecule has 0 radical (unpaired) electrons. The fraction of sp³-hybridized carbons (Fsp3) is 0.812. The van der Waals surface area contributed by atoms with Gasteiger partial charge >= 0.3 is 0 Å². The second kappa shape index (κ2) is 7.22. The summed E-state index contributed by atoms with van der Waals surface area (Å²) in [4.78, 5) is 14.5. The Morgan fingerprint density at radius 2 is 2.05 bits per heavy atom. The van der Waals surface area contributed by atoms with Crippen LogP contribution in [0.15, 0.2) is 12.7 Å². The van der Waals surface area contributed by atoms with Crippen LogP contribution in [0.2, 0.25) is 0 Å². The van der Waals surface area contributed by atoms with Gasteiger partial charge < -0.3 is 14.2 Å². The van der Waals surface area contributed by atoms with E-state index in [9.17, 15) is 4.79 Å². The molecule has 1 aliphatic heterocycles. The molecule has 6 nitrogen and oxygen atoms in total. The highest BCUT2D eigenvalue weighted by Gasteiger charge is 2.39. The van der Waals surface area contributed by atoms with Crippen molar-refractivity contribution in [3.8, 4) is 0 Å². The topological polar surface area (TPSA) is 60.2 Å². The van der Waals surface area contributed by atoms with Gasteiger partial charge in [-0.25, -0.2) is 0 Å². The average Bonchev–Trinajstić information content (AvgIpc) is 3.27. The van der Waals surface area contributed by atoms with Crippen LogP contribution in [-0.2, 0) is 16.1 Å². The molecule has 0 N–H and O–H groups in total. The SMILES string of the molecule is CCCC[C@@H]1CN(C(=O)CCn2cnnc2)C[C@H](C2CC2)O1. The molecule has 1 saturated carbocycles. The Morgan fingerprint density at radius 3 is 2.73 bits per heavy atom. The largest absolute Gasteiger partial charge is 0.371 e. The third kappa shape index (κ3) is 4.06. The molecule has 1 saturated heterocycles. The molecule has 0 unspecified atom stereocenters. The van der Waals surface area contributed by atoms with E-state index in [-0.39, 0.29) is 18.1 Å². The van der Waals surface area contributed by atoms with Gasteiger partial charge in [0.15, 0.2) is 0 Å². The van der Waals surface area contributed by atoms with Gasteiger partial charge in [-0.3, -0.25) is 4.79 Å². The molecule has 1 amide bonds. The molecule has 2 fully saturated rings. The second-order valence-electron chi connectivity index (χ2n) is 6.52. The number of carbonyl (C=O) groups is 1. The van der Waals surface area contributed by atoms with Crippen molar-refractivity contribution < 1.29 is 9.53 Å². The van der Waals surface area contributed by atoms with Crippen LogP contribution in [0, 0.1) is 5.92 Å². The summed E-state index contributed by atoms with van der Waals surface area (Å²) in [6.07, 6.45) is 10.2. The van der Waals surface area contributed by atoms with Gasteiger partial charge in [-0.15, -0.1) is 10.2 Å². The number of ether oxygens (including phenoxy) is 1. The Hall–Kier alpha value is -1.43. The van der Waals surface area contributed by atoms with E-state index in [0.29, 0.717) is 18.9 Å². The minimum absolute atomic E-state index is 0.221. The van der Waals surface area contributed by atoms with E-state index >= 15 is 0 Å². The lowest BCUT2D eigenvalue weighted by Crippen LogP contribution is -2.50. The predicted molar refractivity (Wildman–Crippen MR) is 82.1 cm³/mol. The summed E-state index contributed by atoms with van der Waals surface area (Å²) in [5.74, 6) is 0.904. The first-order valence-electron chi connectivity index (χ1n) is 8.52. The van der Waals surface area contributed by atoms with Gasteiger partial charge in [-0.2, -0.15) is 0 Å². The minimum atomic E-state index is 0.221. The summed E-state index contributed by atoms with van der Waals surface area (Å²) in [6, 6.07) is 0. The number of unbranched alkanes of at least 4 members (excludes halogenated alkanes) is 1. The smallest absolute Gasteiger partial charge is 0.224 e. The Labute approximate surface area is 131 Å². The van der Waals surface area contributed by atoms with E-state index < -0.39 is 0 Å². The van der Waals surface area contributed by atoms with Gasteiger partial charge in [-0.1, -0.05) is 19.8 Å². The fourth-order valence-electron chi connectivity index (χ4n) is 3.11. The quantitative estimate of drug-likeness (QED) is 0.771. The summed E-state index contributed by atoms with van der Waals surface area (Å²) in [6.45, 7) is 4.37. The zero-order valence-corrected chi connectivity index (χ0v) is 13.4. The van der Waals surface area contributed by atoms with Crippen molar-refractivity contribution in [3.63, 3.8) is 0 Å². The van der Waals surface area contributed by atoms with Crippen LogP contribution >= 0.6 is 0 Å². The summed E-state index contributed by atoms with van der Waals surface area (Å²) in [5, 5.41) is 7.54. The zero-order chi connectivity index (χ0) is 15.4. The maximum atomic E-state index is 12.5. The summed E-state index contributed by atoms with van der Waals surface area (Å²) >= 11 is 0. The molecule has 22 heavy (non-hydrogen) atoms. The lowest BCUT2D eigenvalue weighted by molar-refractivity contribution is -0.148. The molecule has 3 rings (SSSR count). The van der Waals surface area contributed by atoms with Crippen LogP contribution in [0.4, 0.5) is 0 Å². The number of nitrogens with zero attached hydrogens (tertiary/aromatic N) is 4. The first kappa shape index (κ1) is 15.5. The Balaban J connectivity index is 1.54. The molecule has 0 aromatic carbocycles. The number of hydrogen-bond acceptors (Lipinski definition) is 4. The molecule has 2 aliphatic rings. The van der Waals surface area contributed by atoms with Gasteiger partial charge in [0.05, 0.1) is 12.2 Å². The van der Waals surface area contributed by atoms with Gasteiger partial charge in [0.1, 0.15) is 12.7 Å². The van der Waals surface area contributed by atoms with Crippen molar-refractivity contribution in [1.29, 1.82) is 0 Å². The summed E-state index contributed by atoms with van der Waals surface area (Å²) < 4.78 is 8.08. The molecule has 0 bridgehead atoms. The van der Waals surface area contributed by atoms with Gasteiger partial charge in [0.2, 0.25) is 5.91 Å². The van der Waals surface area contributed by atoms with Gasteiger partial charge in [0, 0.05) is 26.1 Å². The number of rotatable bonds is 7. The van der Waals surface area contributed by atoms with Crippen molar-refractivity contribution in [2.75, 3.05) is 13.1 Å². The maximum Gasteiger partial charge on any atom is 0.224 e. The van der Waals surface area contributed by atoms with E-state index in [1.54, 1.807) is 12.7 Å². The van der Waals surface area contributed by atoms with Gasteiger partial charge in [-0.05, 0) is 25.2 Å². The Morgan fingerprint density at radius 1 is 1.27 bits per heavy atom. The predicted octanol–water partition coefficient (Wildman–Crippen LogP) is 1.86. The Kier molecular flexibility index (Phi) is 5.08. The highest BCUT2D eigenvalue weighted by Crippen LogP contribution is 2.37. The van der Waals surface area contributed by atoms with Crippen LogP contribution in [0.25, 0.3) is 0 Å². The number of aryl methyl sites for hydroxylation is 1. The molecule has 0 spiro atoms. The van der Waals surface area contributed by atoms with Crippen LogP contribution in [0.5, 0.6) is 0 Å². The lowest BCUT2D eigenvalue weighted by atomic mass is 10.1. The van der Waals surface area contributed by atoms with E-state index in [0.717, 1.165) is 19.5 Å². The van der Waals surface area contributed by atoms with Crippen molar-refractivity contribution in [3.05, 3.63) is 12.7 Å². The number of hydrogen-bond donors (Lipinski definition) is 0. The number of carbonyl (C=O) groups excluding carboxylic acids is 1. The third-order valence-corrected chi connectivity index (χ3v) is 4.62. The molecule has 2 atom stereocenters. The number of morpholine rings is 1. The van der Waals surface area contributed by atoms with Crippen LogP contribution in [0.3, 0.4) is 0 Å². The highest BCUT2D eigenvalue weighted by atomic mass is 16.5. The van der Waals surface area contributed by atoms with Crippen LogP contribution in [-0.4, -0.2) is 50.9 Å².